The highest BCUT2D eigenvalue weighted by Gasteiger charge is 2.28. The SMILES string of the molecule is CC(=NC1CCN(C#N)CC1)/C(=N\N)c1cc(OC(C)c2ccccn2)c2c(c1)ncn2C1CN(C)C1. The van der Waals surface area contributed by atoms with Crippen LogP contribution in [0.4, 0.5) is 0 Å². The Kier molecular flexibility index (Phi) is 7.06. The fourth-order valence-corrected chi connectivity index (χ4v) is 5.15. The van der Waals surface area contributed by atoms with E-state index in [4.69, 9.17) is 25.8 Å². The normalized spacial score (nSPS) is 19.0. The molecule has 1 atom stereocenters. The number of imidazole rings is 1. The summed E-state index contributed by atoms with van der Waals surface area (Å²) < 4.78 is 8.75. The van der Waals surface area contributed by atoms with Gasteiger partial charge in [0.25, 0.3) is 0 Å². The number of fused-ring (bicyclic) bond motifs is 1. The Balaban J connectivity index is 1.50. The lowest BCUT2D eigenvalue weighted by molar-refractivity contribution is 0.142. The first-order valence-corrected chi connectivity index (χ1v) is 12.7. The number of likely N-dealkylation sites (tertiary alicyclic amines) is 2. The molecular formula is C27H33N9O. The molecule has 0 bridgehead atoms. The van der Waals surface area contributed by atoms with Gasteiger partial charge in [-0.05, 0) is 58.0 Å². The van der Waals surface area contributed by atoms with Gasteiger partial charge >= 0.3 is 0 Å². The van der Waals surface area contributed by atoms with E-state index in [0.717, 1.165) is 67.0 Å². The third-order valence-corrected chi connectivity index (χ3v) is 7.21. The van der Waals surface area contributed by atoms with Crippen LogP contribution in [0.1, 0.15) is 50.1 Å². The number of ether oxygens (including phenoxy) is 1. The number of piperidine rings is 1. The summed E-state index contributed by atoms with van der Waals surface area (Å²) in [5.41, 5.74) is 4.82. The van der Waals surface area contributed by atoms with Crippen molar-refractivity contribution in [2.75, 3.05) is 33.2 Å². The van der Waals surface area contributed by atoms with E-state index in [0.29, 0.717) is 17.5 Å². The quantitative estimate of drug-likeness (QED) is 0.229. The molecule has 1 unspecified atom stereocenters. The molecule has 1 aromatic carbocycles. The van der Waals surface area contributed by atoms with Crippen molar-refractivity contribution in [2.24, 2.45) is 15.9 Å². The molecule has 0 radical (unpaired) electrons. The lowest BCUT2D eigenvalue weighted by atomic mass is 10.0. The van der Waals surface area contributed by atoms with Crippen molar-refractivity contribution in [1.29, 1.82) is 5.26 Å². The molecule has 5 rings (SSSR count). The molecule has 192 valence electrons. The highest BCUT2D eigenvalue weighted by atomic mass is 16.5. The van der Waals surface area contributed by atoms with Crippen molar-refractivity contribution in [3.05, 3.63) is 54.1 Å². The number of nitriles is 1. The van der Waals surface area contributed by atoms with Crippen LogP contribution in [0, 0.1) is 11.5 Å². The van der Waals surface area contributed by atoms with E-state index in [1.165, 1.54) is 0 Å². The number of pyridine rings is 1. The number of benzene rings is 1. The number of aliphatic imine (C=N–C) groups is 1. The summed E-state index contributed by atoms with van der Waals surface area (Å²) in [6.45, 7) is 7.30. The number of nitrogens with two attached hydrogens (primary N) is 1. The van der Waals surface area contributed by atoms with Crippen molar-refractivity contribution in [2.45, 2.75) is 44.9 Å². The highest BCUT2D eigenvalue weighted by molar-refractivity contribution is 6.47. The second-order valence-corrected chi connectivity index (χ2v) is 9.89. The number of rotatable bonds is 7. The van der Waals surface area contributed by atoms with Gasteiger partial charge in [-0.2, -0.15) is 10.4 Å². The number of hydrazone groups is 1. The molecule has 10 nitrogen and oxygen atoms in total. The summed E-state index contributed by atoms with van der Waals surface area (Å²) in [5.74, 6) is 6.63. The van der Waals surface area contributed by atoms with Gasteiger partial charge in [0.15, 0.2) is 6.19 Å². The number of hydrogen-bond acceptors (Lipinski definition) is 9. The summed E-state index contributed by atoms with van der Waals surface area (Å²) in [6, 6.07) is 10.3. The van der Waals surface area contributed by atoms with Crippen LogP contribution in [0.25, 0.3) is 11.0 Å². The van der Waals surface area contributed by atoms with Gasteiger partial charge in [-0.15, -0.1) is 0 Å². The van der Waals surface area contributed by atoms with Gasteiger partial charge in [-0.25, -0.2) is 4.98 Å². The molecule has 2 N–H and O–H groups in total. The number of hydrogen-bond donors (Lipinski definition) is 1. The number of nitrogens with zero attached hydrogens (tertiary/aromatic N) is 8. The second-order valence-electron chi connectivity index (χ2n) is 9.89. The van der Waals surface area contributed by atoms with Crippen molar-refractivity contribution in [3.8, 4) is 11.9 Å². The van der Waals surface area contributed by atoms with Crippen LogP contribution in [0.3, 0.4) is 0 Å². The van der Waals surface area contributed by atoms with Crippen LogP contribution in [-0.4, -0.2) is 75.0 Å². The number of aromatic nitrogens is 3. The molecule has 2 fully saturated rings. The minimum absolute atomic E-state index is 0.139. The van der Waals surface area contributed by atoms with Gasteiger partial charge in [-0.1, -0.05) is 6.07 Å². The van der Waals surface area contributed by atoms with Gasteiger partial charge in [0.05, 0.1) is 35.3 Å². The first-order chi connectivity index (χ1) is 18.0. The van der Waals surface area contributed by atoms with Crippen molar-refractivity contribution < 1.29 is 4.74 Å². The summed E-state index contributed by atoms with van der Waals surface area (Å²) in [5, 5.41) is 13.3. The Morgan fingerprint density at radius 2 is 2.00 bits per heavy atom. The van der Waals surface area contributed by atoms with Crippen LogP contribution in [-0.2, 0) is 0 Å². The van der Waals surface area contributed by atoms with Gasteiger partial charge in [0.1, 0.15) is 23.1 Å². The van der Waals surface area contributed by atoms with Crippen LogP contribution < -0.4 is 10.6 Å². The Bertz CT molecular complexity index is 1340. The second kappa shape index (κ2) is 10.6. The minimum atomic E-state index is -0.259. The van der Waals surface area contributed by atoms with Crippen LogP contribution in [0.2, 0.25) is 0 Å². The Hall–Kier alpha value is -3.97. The summed E-state index contributed by atoms with van der Waals surface area (Å²) >= 11 is 0. The standard InChI is InChI=1S/C27H33N9O/c1-18(32-21-7-10-35(16-28)11-8-21)26(33-29)20-12-24-27(36(17-31-24)22-14-34(3)15-22)25(13-20)37-19(2)23-6-4-5-9-30-23/h4-6,9,12-13,17,19,21-22H,7-8,10-11,14-15,29H2,1-3H3/b32-18?,33-26+. The van der Waals surface area contributed by atoms with E-state index in [-0.39, 0.29) is 12.1 Å². The third-order valence-electron chi connectivity index (χ3n) is 7.21. The highest BCUT2D eigenvalue weighted by Crippen LogP contribution is 2.34. The van der Waals surface area contributed by atoms with Gasteiger partial charge < -0.3 is 24.9 Å². The smallest absolute Gasteiger partial charge is 0.179 e. The first kappa shape index (κ1) is 24.7. The van der Waals surface area contributed by atoms with E-state index in [1.807, 2.05) is 50.5 Å². The van der Waals surface area contributed by atoms with Gasteiger partial charge in [0, 0.05) is 37.9 Å². The molecule has 0 saturated carbocycles. The molecule has 4 heterocycles. The topological polar surface area (TPSA) is 121 Å². The minimum Gasteiger partial charge on any atom is -0.482 e. The lowest BCUT2D eigenvalue weighted by Gasteiger charge is -2.37. The average Bonchev–Trinajstić information content (AvgIpc) is 3.32. The van der Waals surface area contributed by atoms with Crippen LogP contribution in [0.15, 0.2) is 52.9 Å². The fourth-order valence-electron chi connectivity index (χ4n) is 5.15. The Labute approximate surface area is 217 Å². The van der Waals surface area contributed by atoms with Gasteiger partial charge in [-0.3, -0.25) is 9.98 Å². The van der Waals surface area contributed by atoms with E-state index in [2.05, 4.69) is 32.8 Å². The zero-order valence-corrected chi connectivity index (χ0v) is 21.6. The van der Waals surface area contributed by atoms with E-state index < -0.39 is 0 Å². The Morgan fingerprint density at radius 3 is 2.65 bits per heavy atom. The van der Waals surface area contributed by atoms with Gasteiger partial charge in [0.2, 0.25) is 0 Å². The molecule has 0 aliphatic carbocycles. The van der Waals surface area contributed by atoms with E-state index in [9.17, 15) is 0 Å². The third kappa shape index (κ3) is 5.13. The van der Waals surface area contributed by atoms with E-state index >= 15 is 0 Å². The predicted molar refractivity (Wildman–Crippen MR) is 144 cm³/mol. The van der Waals surface area contributed by atoms with Crippen LogP contribution >= 0.6 is 0 Å². The Morgan fingerprint density at radius 1 is 1.22 bits per heavy atom. The molecule has 0 spiro atoms. The average molecular weight is 500 g/mol. The molecule has 3 aromatic rings. The molecule has 2 saturated heterocycles. The van der Waals surface area contributed by atoms with Crippen molar-refractivity contribution in [3.63, 3.8) is 0 Å². The lowest BCUT2D eigenvalue weighted by Crippen LogP contribution is -2.44. The van der Waals surface area contributed by atoms with Crippen molar-refractivity contribution in [1.82, 2.24) is 24.3 Å². The molecule has 2 aliphatic rings. The molecule has 0 amide bonds. The zero-order chi connectivity index (χ0) is 25.9. The molecule has 2 aromatic heterocycles. The van der Waals surface area contributed by atoms with Crippen molar-refractivity contribution >= 4 is 22.5 Å². The maximum Gasteiger partial charge on any atom is 0.179 e. The first-order valence-electron chi connectivity index (χ1n) is 12.7. The van der Waals surface area contributed by atoms with Crippen LogP contribution in [0.5, 0.6) is 5.75 Å². The molecule has 10 heteroatoms. The maximum absolute atomic E-state index is 9.13. The predicted octanol–water partition coefficient (Wildman–Crippen LogP) is 3.13. The summed E-state index contributed by atoms with van der Waals surface area (Å²) in [6.07, 6.45) is 7.29. The summed E-state index contributed by atoms with van der Waals surface area (Å²) in [7, 11) is 2.12. The molecular weight excluding hydrogens is 466 g/mol. The number of likely N-dealkylation sites (N-methyl/N-ethyl adjacent to an activating group) is 1. The fraction of sp³-hybridized carbons (Fsp3) is 0.444. The molecule has 2 aliphatic heterocycles. The largest absolute Gasteiger partial charge is 0.482 e. The zero-order valence-electron chi connectivity index (χ0n) is 21.6. The monoisotopic (exact) mass is 499 g/mol. The molecule has 37 heavy (non-hydrogen) atoms. The summed E-state index contributed by atoms with van der Waals surface area (Å²) in [4.78, 5) is 18.2. The maximum atomic E-state index is 9.13. The van der Waals surface area contributed by atoms with E-state index in [1.54, 1.807) is 11.1 Å².